The molecule has 0 bridgehead atoms. The number of hydrogen-bond donors (Lipinski definition) is 2. The van der Waals surface area contributed by atoms with Crippen molar-refractivity contribution in [3.63, 3.8) is 0 Å². The molecule has 0 heterocycles. The van der Waals surface area contributed by atoms with Gasteiger partial charge in [-0.25, -0.2) is 13.1 Å². The van der Waals surface area contributed by atoms with Crippen LogP contribution in [0.5, 0.6) is 0 Å². The minimum absolute atomic E-state index is 0.421. The van der Waals surface area contributed by atoms with E-state index in [4.69, 9.17) is 4.74 Å². The van der Waals surface area contributed by atoms with Crippen LogP contribution in [-0.2, 0) is 14.8 Å². The first-order valence-corrected chi connectivity index (χ1v) is 7.54. The molecule has 98 valence electrons. The molecule has 0 radical (unpaired) electrons. The number of ether oxygens (including phenoxy) is 1. The van der Waals surface area contributed by atoms with Crippen molar-refractivity contribution < 1.29 is 13.2 Å². The lowest BCUT2D eigenvalue weighted by molar-refractivity contribution is 0.125. The molecular formula is C10H24N2O3S. The third kappa shape index (κ3) is 13.8. The van der Waals surface area contributed by atoms with Gasteiger partial charge >= 0.3 is 0 Å². The molecule has 0 saturated carbocycles. The van der Waals surface area contributed by atoms with Crippen LogP contribution in [0.3, 0.4) is 0 Å². The zero-order valence-electron chi connectivity index (χ0n) is 10.5. The Morgan fingerprint density at radius 1 is 1.12 bits per heavy atom. The number of rotatable bonds is 10. The van der Waals surface area contributed by atoms with Crippen molar-refractivity contribution in [2.75, 3.05) is 39.1 Å². The lowest BCUT2D eigenvalue weighted by Crippen LogP contribution is -2.32. The van der Waals surface area contributed by atoms with Gasteiger partial charge in [0.15, 0.2) is 0 Å². The summed E-state index contributed by atoms with van der Waals surface area (Å²) in [5, 5.41) is 3.09. The van der Waals surface area contributed by atoms with Crippen LogP contribution < -0.4 is 10.0 Å². The molecule has 0 fully saturated rings. The quantitative estimate of drug-likeness (QED) is 0.545. The molecule has 0 aromatic carbocycles. The molecule has 0 spiro atoms. The molecule has 0 atom stereocenters. The fourth-order valence-corrected chi connectivity index (χ4v) is 1.49. The molecule has 0 aromatic rings. The maximum Gasteiger partial charge on any atom is 0.208 e. The maximum absolute atomic E-state index is 10.7. The summed E-state index contributed by atoms with van der Waals surface area (Å²) in [4.78, 5) is 0. The first-order valence-electron chi connectivity index (χ1n) is 5.65. The highest BCUT2D eigenvalue weighted by molar-refractivity contribution is 7.88. The minimum atomic E-state index is -3.06. The van der Waals surface area contributed by atoms with E-state index >= 15 is 0 Å². The zero-order chi connectivity index (χ0) is 12.4. The number of hydrogen-bond acceptors (Lipinski definition) is 4. The van der Waals surface area contributed by atoms with E-state index in [0.717, 1.165) is 25.8 Å². The van der Waals surface area contributed by atoms with Crippen LogP contribution in [0.2, 0.25) is 0 Å². The van der Waals surface area contributed by atoms with Crippen molar-refractivity contribution in [2.45, 2.75) is 20.3 Å². The largest absolute Gasteiger partial charge is 0.380 e. The molecule has 16 heavy (non-hydrogen) atoms. The Hall–Kier alpha value is -0.170. The SMILES string of the molecule is CC(C)CCOCCNCCNS(C)(=O)=O. The second-order valence-corrected chi connectivity index (χ2v) is 6.04. The van der Waals surface area contributed by atoms with E-state index in [0.29, 0.717) is 25.6 Å². The molecule has 0 aliphatic rings. The Kier molecular flexibility index (Phi) is 8.83. The smallest absolute Gasteiger partial charge is 0.208 e. The molecule has 0 rings (SSSR count). The average molecular weight is 252 g/mol. The summed E-state index contributed by atoms with van der Waals surface area (Å²) >= 11 is 0. The van der Waals surface area contributed by atoms with Crippen molar-refractivity contribution >= 4 is 10.0 Å². The molecule has 0 aromatic heterocycles. The van der Waals surface area contributed by atoms with E-state index in [2.05, 4.69) is 23.9 Å². The number of sulfonamides is 1. The highest BCUT2D eigenvalue weighted by atomic mass is 32.2. The molecule has 0 aliphatic heterocycles. The summed E-state index contributed by atoms with van der Waals surface area (Å²) in [6.45, 7) is 7.60. The molecule has 0 unspecified atom stereocenters. The molecule has 6 heteroatoms. The van der Waals surface area contributed by atoms with Gasteiger partial charge in [0.1, 0.15) is 0 Å². The number of nitrogens with one attached hydrogen (secondary N) is 2. The van der Waals surface area contributed by atoms with Crippen LogP contribution in [0.4, 0.5) is 0 Å². The Labute approximate surface area is 99.0 Å². The molecular weight excluding hydrogens is 228 g/mol. The summed E-state index contributed by atoms with van der Waals surface area (Å²) in [7, 11) is -3.06. The van der Waals surface area contributed by atoms with E-state index in [-0.39, 0.29) is 0 Å². The molecule has 0 amide bonds. The summed E-state index contributed by atoms with van der Waals surface area (Å²) < 4.78 is 29.2. The van der Waals surface area contributed by atoms with Gasteiger partial charge in [-0.05, 0) is 12.3 Å². The zero-order valence-corrected chi connectivity index (χ0v) is 11.3. The van der Waals surface area contributed by atoms with Crippen molar-refractivity contribution in [1.29, 1.82) is 0 Å². The fraction of sp³-hybridized carbons (Fsp3) is 1.00. The summed E-state index contributed by atoms with van der Waals surface area (Å²) in [5.41, 5.74) is 0. The second kappa shape index (κ2) is 8.92. The van der Waals surface area contributed by atoms with Crippen molar-refractivity contribution in [3.8, 4) is 0 Å². The van der Waals surface area contributed by atoms with Gasteiger partial charge in [-0.1, -0.05) is 13.8 Å². The summed E-state index contributed by atoms with van der Waals surface area (Å²) in [5.74, 6) is 0.673. The van der Waals surface area contributed by atoms with Gasteiger partial charge in [0.25, 0.3) is 0 Å². The average Bonchev–Trinajstić information content (AvgIpc) is 2.13. The third-order valence-corrected chi connectivity index (χ3v) is 2.66. The van der Waals surface area contributed by atoms with E-state index < -0.39 is 10.0 Å². The lowest BCUT2D eigenvalue weighted by atomic mass is 10.1. The Bertz CT molecular complexity index is 253. The molecule has 5 nitrogen and oxygen atoms in total. The fourth-order valence-electron chi connectivity index (χ4n) is 1.02. The predicted molar refractivity (Wildman–Crippen MR) is 66.0 cm³/mol. The van der Waals surface area contributed by atoms with Crippen molar-refractivity contribution in [3.05, 3.63) is 0 Å². The maximum atomic E-state index is 10.7. The molecule has 0 saturated heterocycles. The van der Waals surface area contributed by atoms with Crippen LogP contribution in [0.25, 0.3) is 0 Å². The predicted octanol–water partition coefficient (Wildman–Crippen LogP) is 0.188. The van der Waals surface area contributed by atoms with Gasteiger partial charge in [0.05, 0.1) is 12.9 Å². The van der Waals surface area contributed by atoms with Gasteiger partial charge in [-0.15, -0.1) is 0 Å². The van der Waals surface area contributed by atoms with Gasteiger partial charge in [0.2, 0.25) is 10.0 Å². The molecule has 0 aliphatic carbocycles. The van der Waals surface area contributed by atoms with Gasteiger partial charge in [0, 0.05) is 26.2 Å². The van der Waals surface area contributed by atoms with E-state index in [1.165, 1.54) is 0 Å². The highest BCUT2D eigenvalue weighted by Gasteiger charge is 1.98. The van der Waals surface area contributed by atoms with Crippen molar-refractivity contribution in [1.82, 2.24) is 10.0 Å². The highest BCUT2D eigenvalue weighted by Crippen LogP contribution is 1.97. The van der Waals surface area contributed by atoms with Gasteiger partial charge in [-0.2, -0.15) is 0 Å². The Morgan fingerprint density at radius 3 is 2.38 bits per heavy atom. The Balaban J connectivity index is 3.10. The lowest BCUT2D eigenvalue weighted by Gasteiger charge is -2.07. The normalized spacial score (nSPS) is 12.2. The third-order valence-electron chi connectivity index (χ3n) is 1.93. The summed E-state index contributed by atoms with van der Waals surface area (Å²) in [6.07, 6.45) is 2.23. The van der Waals surface area contributed by atoms with Crippen LogP contribution in [-0.4, -0.2) is 47.5 Å². The van der Waals surface area contributed by atoms with E-state index in [1.807, 2.05) is 0 Å². The topological polar surface area (TPSA) is 67.4 Å². The van der Waals surface area contributed by atoms with Gasteiger partial charge < -0.3 is 10.1 Å². The standard InChI is InChI=1S/C10H24N2O3S/c1-10(2)4-8-15-9-7-11-5-6-12-16(3,13)14/h10-12H,4-9H2,1-3H3. The first-order chi connectivity index (χ1) is 7.42. The van der Waals surface area contributed by atoms with E-state index in [1.54, 1.807) is 0 Å². The van der Waals surface area contributed by atoms with Crippen LogP contribution in [0, 0.1) is 5.92 Å². The van der Waals surface area contributed by atoms with E-state index in [9.17, 15) is 8.42 Å². The van der Waals surface area contributed by atoms with Crippen LogP contribution in [0.1, 0.15) is 20.3 Å². The van der Waals surface area contributed by atoms with Crippen LogP contribution >= 0.6 is 0 Å². The minimum Gasteiger partial charge on any atom is -0.380 e. The summed E-state index contributed by atoms with van der Waals surface area (Å²) in [6, 6.07) is 0. The molecule has 2 N–H and O–H groups in total. The Morgan fingerprint density at radius 2 is 1.81 bits per heavy atom. The first kappa shape index (κ1) is 15.8. The second-order valence-electron chi connectivity index (χ2n) is 4.21. The van der Waals surface area contributed by atoms with Crippen molar-refractivity contribution in [2.24, 2.45) is 5.92 Å². The monoisotopic (exact) mass is 252 g/mol. The van der Waals surface area contributed by atoms with Gasteiger partial charge in [-0.3, -0.25) is 0 Å². The van der Waals surface area contributed by atoms with Crippen LogP contribution in [0.15, 0.2) is 0 Å².